The molecule has 0 saturated carbocycles. The van der Waals surface area contributed by atoms with Gasteiger partial charge in [-0.2, -0.15) is 4.37 Å². The van der Waals surface area contributed by atoms with E-state index in [1.54, 1.807) is 30.5 Å². The first-order valence-corrected chi connectivity index (χ1v) is 12.9. The zero-order valence-electron chi connectivity index (χ0n) is 20.1. The van der Waals surface area contributed by atoms with Crippen LogP contribution in [0.4, 0.5) is 16.5 Å². The Kier molecular flexibility index (Phi) is 7.94. The number of fused-ring (bicyclic) bond motifs is 1. The number of carbonyl (C=O) groups excluding carboxylic acids is 2. The zero-order chi connectivity index (χ0) is 25.5. The molecule has 2 aromatic carbocycles. The molecule has 0 bridgehead atoms. The van der Waals surface area contributed by atoms with Crippen LogP contribution in [0.1, 0.15) is 27.1 Å². The Balaban J connectivity index is 1.17. The lowest BCUT2D eigenvalue weighted by Gasteiger charge is -2.26. The van der Waals surface area contributed by atoms with Crippen LogP contribution in [-0.4, -0.2) is 70.4 Å². The average Bonchev–Trinajstić information content (AvgIpc) is 3.40. The minimum Gasteiger partial charge on any atom is -0.379 e. The van der Waals surface area contributed by atoms with E-state index < -0.39 is 0 Å². The minimum absolute atomic E-state index is 0.174. The van der Waals surface area contributed by atoms with Crippen LogP contribution in [-0.2, 0) is 4.74 Å². The summed E-state index contributed by atoms with van der Waals surface area (Å²) in [6.45, 7) is 4.91. The molecule has 5 rings (SSSR count). The van der Waals surface area contributed by atoms with E-state index in [9.17, 15) is 9.59 Å². The summed E-state index contributed by atoms with van der Waals surface area (Å²) in [5.41, 5.74) is 2.92. The number of amides is 2. The fourth-order valence-electron chi connectivity index (χ4n) is 3.99. The van der Waals surface area contributed by atoms with Gasteiger partial charge in [-0.3, -0.25) is 19.5 Å². The van der Waals surface area contributed by atoms with Gasteiger partial charge < -0.3 is 20.7 Å². The molecular weight excluding hydrogens is 490 g/mol. The maximum Gasteiger partial charge on any atom is 0.260 e. The summed E-state index contributed by atoms with van der Waals surface area (Å²) < 4.78 is 9.52. The summed E-state index contributed by atoms with van der Waals surface area (Å²) in [6, 6.07) is 14.4. The highest BCUT2D eigenvalue weighted by molar-refractivity contribution is 7.10. The van der Waals surface area contributed by atoms with Gasteiger partial charge in [-0.1, -0.05) is 18.2 Å². The van der Waals surface area contributed by atoms with Crippen LogP contribution < -0.4 is 16.0 Å². The van der Waals surface area contributed by atoms with Gasteiger partial charge in [0.2, 0.25) is 0 Å². The lowest BCUT2D eigenvalue weighted by atomic mass is 10.1. The summed E-state index contributed by atoms with van der Waals surface area (Å²) in [7, 11) is 0. The molecule has 1 saturated heterocycles. The smallest absolute Gasteiger partial charge is 0.260 e. The molecule has 37 heavy (non-hydrogen) atoms. The topological polar surface area (TPSA) is 121 Å². The lowest BCUT2D eigenvalue weighted by Crippen LogP contribution is -2.38. The Bertz CT molecular complexity index is 1390. The third-order valence-corrected chi connectivity index (χ3v) is 6.64. The number of benzene rings is 2. The summed E-state index contributed by atoms with van der Waals surface area (Å²) in [6.07, 6.45) is 3.99. The van der Waals surface area contributed by atoms with E-state index in [-0.39, 0.29) is 11.8 Å². The Morgan fingerprint density at radius 3 is 2.70 bits per heavy atom. The van der Waals surface area contributed by atoms with E-state index >= 15 is 0 Å². The first-order chi connectivity index (χ1) is 18.2. The highest BCUT2D eigenvalue weighted by Gasteiger charge is 2.16. The predicted molar refractivity (Wildman–Crippen MR) is 144 cm³/mol. The Morgan fingerprint density at radius 1 is 1.00 bits per heavy atom. The largest absolute Gasteiger partial charge is 0.379 e. The van der Waals surface area contributed by atoms with Crippen molar-refractivity contribution in [2.75, 3.05) is 50.0 Å². The van der Waals surface area contributed by atoms with Crippen LogP contribution in [0.5, 0.6) is 0 Å². The number of nitrogens with zero attached hydrogens (tertiary/aromatic N) is 4. The zero-order valence-corrected chi connectivity index (χ0v) is 21.0. The van der Waals surface area contributed by atoms with E-state index in [0.717, 1.165) is 61.8 Å². The van der Waals surface area contributed by atoms with Gasteiger partial charge in [-0.05, 0) is 54.8 Å². The molecule has 4 aromatic rings. The Morgan fingerprint density at radius 2 is 1.84 bits per heavy atom. The molecule has 0 spiro atoms. The van der Waals surface area contributed by atoms with Crippen molar-refractivity contribution in [1.82, 2.24) is 24.6 Å². The fraction of sp³-hybridized carbons (Fsp3) is 0.269. The molecule has 10 nitrogen and oxygen atoms in total. The molecular formula is C26H27N7O3S. The lowest BCUT2D eigenvalue weighted by molar-refractivity contribution is 0.0374. The van der Waals surface area contributed by atoms with Crippen LogP contribution >= 0.6 is 11.5 Å². The van der Waals surface area contributed by atoms with Crippen LogP contribution in [0, 0.1) is 0 Å². The summed E-state index contributed by atoms with van der Waals surface area (Å²) >= 11 is 1.15. The minimum atomic E-state index is -0.340. The second-order valence-corrected chi connectivity index (χ2v) is 9.34. The number of anilines is 3. The molecule has 0 radical (unpaired) electrons. The van der Waals surface area contributed by atoms with Crippen molar-refractivity contribution in [2.45, 2.75) is 6.42 Å². The second-order valence-electron chi connectivity index (χ2n) is 8.54. The highest BCUT2D eigenvalue weighted by Crippen LogP contribution is 2.26. The van der Waals surface area contributed by atoms with Gasteiger partial charge in [-0.15, -0.1) is 0 Å². The SMILES string of the molecule is O=C(NCCCN1CCOCC1)c1cccc(NC(=O)c2cnsc2Nc2cnc3ccccc3n2)c1. The Hall–Kier alpha value is -3.93. The maximum atomic E-state index is 13.0. The summed E-state index contributed by atoms with van der Waals surface area (Å²) in [5, 5.41) is 9.51. The van der Waals surface area contributed by atoms with Crippen molar-refractivity contribution in [3.63, 3.8) is 0 Å². The standard InChI is InChI=1S/C26H27N7O3S/c34-24(27-9-4-10-33-11-13-36-14-12-33)18-5-3-6-19(15-18)30-25(35)20-16-29-37-26(20)32-23-17-28-21-7-1-2-8-22(21)31-23/h1-3,5-8,15-17H,4,9-14H2,(H,27,34)(H,30,35)(H,31,32). The van der Waals surface area contributed by atoms with Crippen molar-refractivity contribution in [3.8, 4) is 0 Å². The molecule has 1 aliphatic heterocycles. The third kappa shape index (κ3) is 6.45. The predicted octanol–water partition coefficient (Wildman–Crippen LogP) is 3.53. The summed E-state index contributed by atoms with van der Waals surface area (Å²) in [4.78, 5) is 36.9. The molecule has 1 aliphatic rings. The normalized spacial score (nSPS) is 13.8. The van der Waals surface area contributed by atoms with Gasteiger partial charge in [-0.25, -0.2) is 4.98 Å². The van der Waals surface area contributed by atoms with E-state index in [4.69, 9.17) is 4.74 Å². The number of aromatic nitrogens is 3. The van der Waals surface area contributed by atoms with E-state index in [1.807, 2.05) is 24.3 Å². The van der Waals surface area contributed by atoms with E-state index in [2.05, 4.69) is 35.2 Å². The number of rotatable bonds is 9. The van der Waals surface area contributed by atoms with Gasteiger partial charge in [0.25, 0.3) is 11.8 Å². The number of carbonyl (C=O) groups is 2. The number of para-hydroxylation sites is 2. The van der Waals surface area contributed by atoms with Gasteiger partial charge in [0, 0.05) is 30.9 Å². The molecule has 11 heteroatoms. The monoisotopic (exact) mass is 517 g/mol. The highest BCUT2D eigenvalue weighted by atomic mass is 32.1. The number of hydrogen-bond donors (Lipinski definition) is 3. The molecule has 3 heterocycles. The molecule has 0 unspecified atom stereocenters. The van der Waals surface area contributed by atoms with Crippen molar-refractivity contribution in [2.24, 2.45) is 0 Å². The van der Waals surface area contributed by atoms with Crippen molar-refractivity contribution in [3.05, 3.63) is 72.1 Å². The first kappa shape index (κ1) is 24.8. The van der Waals surface area contributed by atoms with E-state index in [1.165, 1.54) is 6.20 Å². The fourth-order valence-corrected chi connectivity index (χ4v) is 4.65. The van der Waals surface area contributed by atoms with E-state index in [0.29, 0.717) is 34.2 Å². The van der Waals surface area contributed by atoms with Crippen LogP contribution in [0.25, 0.3) is 11.0 Å². The molecule has 1 fully saturated rings. The average molecular weight is 518 g/mol. The van der Waals surface area contributed by atoms with Crippen molar-refractivity contribution < 1.29 is 14.3 Å². The maximum absolute atomic E-state index is 13.0. The van der Waals surface area contributed by atoms with Gasteiger partial charge >= 0.3 is 0 Å². The molecule has 3 N–H and O–H groups in total. The van der Waals surface area contributed by atoms with Crippen LogP contribution in [0.15, 0.2) is 60.9 Å². The number of ether oxygens (including phenoxy) is 1. The first-order valence-electron chi connectivity index (χ1n) is 12.1. The number of nitrogens with one attached hydrogen (secondary N) is 3. The molecule has 0 atom stereocenters. The molecule has 0 aliphatic carbocycles. The number of hydrogen-bond acceptors (Lipinski definition) is 9. The molecule has 2 amide bonds. The van der Waals surface area contributed by atoms with Crippen LogP contribution in [0.2, 0.25) is 0 Å². The Labute approximate surface area is 218 Å². The molecule has 190 valence electrons. The second kappa shape index (κ2) is 11.9. The van der Waals surface area contributed by atoms with Gasteiger partial charge in [0.15, 0.2) is 0 Å². The van der Waals surface area contributed by atoms with Crippen molar-refractivity contribution in [1.29, 1.82) is 0 Å². The van der Waals surface area contributed by atoms with Crippen LogP contribution in [0.3, 0.4) is 0 Å². The quantitative estimate of drug-likeness (QED) is 0.288. The summed E-state index contributed by atoms with van der Waals surface area (Å²) in [5.74, 6) is 0.00451. The number of morpholine rings is 1. The van der Waals surface area contributed by atoms with Gasteiger partial charge in [0.05, 0.1) is 42.2 Å². The molecule has 2 aromatic heterocycles. The third-order valence-electron chi connectivity index (χ3n) is 5.93. The van der Waals surface area contributed by atoms with Gasteiger partial charge in [0.1, 0.15) is 10.8 Å². The van der Waals surface area contributed by atoms with Crippen molar-refractivity contribution >= 4 is 50.9 Å².